The van der Waals surface area contributed by atoms with Crippen molar-refractivity contribution in [3.63, 3.8) is 0 Å². The second kappa shape index (κ2) is 6.99. The Morgan fingerprint density at radius 3 is 2.61 bits per heavy atom. The Labute approximate surface area is 158 Å². The molecule has 0 aromatic carbocycles. The summed E-state index contributed by atoms with van der Waals surface area (Å²) in [6, 6.07) is 4.92. The van der Waals surface area contributed by atoms with Crippen LogP contribution in [0.15, 0.2) is 23.0 Å². The summed E-state index contributed by atoms with van der Waals surface area (Å²) in [6.07, 6.45) is -3.56. The standard InChI is InChI=1S/C18H20F3N5O2/c19-18(20,21)16-12-10-11(4-5-13(12)23-24-16)17(28)26-8-6-25(7-9-26)14-2-1-3-15(27)22-14/h1-3,11H,4-10H2,(H,22,27)(H,23,24). The van der Waals surface area contributed by atoms with Gasteiger partial charge in [-0.15, -0.1) is 0 Å². The highest BCUT2D eigenvalue weighted by atomic mass is 19.4. The summed E-state index contributed by atoms with van der Waals surface area (Å²) in [5.41, 5.74) is -0.487. The SMILES string of the molecule is O=C(C1CCc2[nH]nc(C(F)(F)F)c2C1)N1CCN(c2cccc(=O)[nH]2)CC1. The third-order valence-electron chi connectivity index (χ3n) is 5.45. The summed E-state index contributed by atoms with van der Waals surface area (Å²) >= 11 is 0. The fourth-order valence-electron chi connectivity index (χ4n) is 3.99. The van der Waals surface area contributed by atoms with Crippen LogP contribution in [0.25, 0.3) is 0 Å². The van der Waals surface area contributed by atoms with Crippen molar-refractivity contribution >= 4 is 11.7 Å². The van der Waals surface area contributed by atoms with Crippen LogP contribution in [0.4, 0.5) is 19.0 Å². The highest BCUT2D eigenvalue weighted by Crippen LogP contribution is 2.36. The number of piperazine rings is 1. The topological polar surface area (TPSA) is 85.1 Å². The smallest absolute Gasteiger partial charge is 0.355 e. The lowest BCUT2D eigenvalue weighted by molar-refractivity contribution is -0.143. The number of aromatic nitrogens is 3. The average molecular weight is 395 g/mol. The Morgan fingerprint density at radius 1 is 1.18 bits per heavy atom. The van der Waals surface area contributed by atoms with Gasteiger partial charge in [-0.3, -0.25) is 14.7 Å². The molecule has 1 fully saturated rings. The van der Waals surface area contributed by atoms with Crippen molar-refractivity contribution in [2.24, 2.45) is 5.92 Å². The third-order valence-corrected chi connectivity index (χ3v) is 5.45. The normalized spacial score (nSPS) is 20.2. The zero-order valence-corrected chi connectivity index (χ0v) is 15.1. The molecule has 10 heteroatoms. The summed E-state index contributed by atoms with van der Waals surface area (Å²) in [5, 5.41) is 5.89. The molecular weight excluding hydrogens is 375 g/mol. The van der Waals surface area contributed by atoms with Crippen LogP contribution in [0, 0.1) is 5.92 Å². The zero-order chi connectivity index (χ0) is 19.9. The third kappa shape index (κ3) is 3.50. The number of anilines is 1. The molecule has 0 radical (unpaired) electrons. The molecule has 4 rings (SSSR count). The first-order valence-electron chi connectivity index (χ1n) is 9.19. The maximum Gasteiger partial charge on any atom is 0.435 e. The maximum atomic E-state index is 13.1. The highest BCUT2D eigenvalue weighted by Gasteiger charge is 2.41. The minimum absolute atomic E-state index is 0.0612. The van der Waals surface area contributed by atoms with Gasteiger partial charge >= 0.3 is 6.18 Å². The summed E-state index contributed by atoms with van der Waals surface area (Å²) in [7, 11) is 0. The molecule has 0 bridgehead atoms. The monoisotopic (exact) mass is 395 g/mol. The lowest BCUT2D eigenvalue weighted by atomic mass is 9.85. The highest BCUT2D eigenvalue weighted by molar-refractivity contribution is 5.80. The first-order valence-corrected chi connectivity index (χ1v) is 9.19. The first kappa shape index (κ1) is 18.6. The van der Waals surface area contributed by atoms with Crippen LogP contribution in [0.5, 0.6) is 0 Å². The van der Waals surface area contributed by atoms with Gasteiger partial charge in [-0.05, 0) is 25.3 Å². The van der Waals surface area contributed by atoms with E-state index in [1.165, 1.54) is 6.07 Å². The van der Waals surface area contributed by atoms with Crippen molar-refractivity contribution in [3.05, 3.63) is 45.5 Å². The molecule has 150 valence electrons. The van der Waals surface area contributed by atoms with Crippen molar-refractivity contribution < 1.29 is 18.0 Å². The summed E-state index contributed by atoms with van der Waals surface area (Å²) in [4.78, 5) is 30.8. The lowest BCUT2D eigenvalue weighted by Gasteiger charge is -2.37. The van der Waals surface area contributed by atoms with Gasteiger partial charge in [-0.1, -0.05) is 6.07 Å². The molecule has 2 aromatic rings. The minimum Gasteiger partial charge on any atom is -0.355 e. The number of fused-ring (bicyclic) bond motifs is 1. The first-order chi connectivity index (χ1) is 13.3. The Kier molecular flexibility index (Phi) is 4.64. The average Bonchev–Trinajstić information content (AvgIpc) is 3.11. The molecule has 7 nitrogen and oxygen atoms in total. The van der Waals surface area contributed by atoms with Gasteiger partial charge in [0, 0.05) is 49.4 Å². The van der Waals surface area contributed by atoms with E-state index in [0.717, 1.165) is 0 Å². The van der Waals surface area contributed by atoms with E-state index in [2.05, 4.69) is 15.2 Å². The maximum absolute atomic E-state index is 13.1. The van der Waals surface area contributed by atoms with Crippen LogP contribution < -0.4 is 10.5 Å². The number of halogens is 3. The molecule has 1 aliphatic carbocycles. The number of H-pyrrole nitrogens is 2. The number of rotatable bonds is 2. The van der Waals surface area contributed by atoms with Crippen LogP contribution in [0.2, 0.25) is 0 Å². The second-order valence-corrected chi connectivity index (χ2v) is 7.18. The van der Waals surface area contributed by atoms with E-state index in [0.29, 0.717) is 50.5 Å². The van der Waals surface area contributed by atoms with Gasteiger partial charge in [0.2, 0.25) is 11.5 Å². The van der Waals surface area contributed by atoms with Crippen LogP contribution in [-0.2, 0) is 23.8 Å². The number of amides is 1. The number of aryl methyl sites for hydroxylation is 1. The fourth-order valence-corrected chi connectivity index (χ4v) is 3.99. The van der Waals surface area contributed by atoms with E-state index >= 15 is 0 Å². The Balaban J connectivity index is 1.41. The number of nitrogens with one attached hydrogen (secondary N) is 2. The summed E-state index contributed by atoms with van der Waals surface area (Å²) < 4.78 is 39.3. The van der Waals surface area contributed by atoms with Crippen molar-refractivity contribution in [1.82, 2.24) is 20.1 Å². The Hall–Kier alpha value is -2.78. The van der Waals surface area contributed by atoms with E-state index in [4.69, 9.17) is 0 Å². The molecule has 0 spiro atoms. The molecule has 2 aliphatic rings. The van der Waals surface area contributed by atoms with Crippen LogP contribution in [-0.4, -0.2) is 52.2 Å². The van der Waals surface area contributed by atoms with Gasteiger partial charge in [-0.2, -0.15) is 18.3 Å². The predicted octanol–water partition coefficient (Wildman–Crippen LogP) is 1.57. The van der Waals surface area contributed by atoms with Crippen molar-refractivity contribution in [2.75, 3.05) is 31.1 Å². The van der Waals surface area contributed by atoms with E-state index in [9.17, 15) is 22.8 Å². The molecule has 2 aromatic heterocycles. The van der Waals surface area contributed by atoms with E-state index < -0.39 is 17.8 Å². The van der Waals surface area contributed by atoms with Gasteiger partial charge in [-0.25, -0.2) is 0 Å². The number of hydrogen-bond donors (Lipinski definition) is 2. The lowest BCUT2D eigenvalue weighted by Crippen LogP contribution is -2.51. The molecule has 2 N–H and O–H groups in total. The molecule has 0 saturated carbocycles. The van der Waals surface area contributed by atoms with Gasteiger partial charge in [0.05, 0.1) is 0 Å². The Morgan fingerprint density at radius 2 is 1.93 bits per heavy atom. The number of carbonyl (C=O) groups is 1. The van der Waals surface area contributed by atoms with Crippen LogP contribution in [0.1, 0.15) is 23.4 Å². The van der Waals surface area contributed by atoms with E-state index in [-0.39, 0.29) is 23.5 Å². The number of carbonyl (C=O) groups excluding carboxylic acids is 1. The van der Waals surface area contributed by atoms with Crippen LogP contribution >= 0.6 is 0 Å². The van der Waals surface area contributed by atoms with Gasteiger partial charge in [0.1, 0.15) is 5.82 Å². The van der Waals surface area contributed by atoms with Gasteiger partial charge < -0.3 is 14.8 Å². The number of alkyl halides is 3. The van der Waals surface area contributed by atoms with Gasteiger partial charge in [0.25, 0.3) is 0 Å². The largest absolute Gasteiger partial charge is 0.435 e. The molecular formula is C18H20F3N5O2. The number of nitrogens with zero attached hydrogens (tertiary/aromatic N) is 3. The number of hydrogen-bond acceptors (Lipinski definition) is 4. The molecule has 1 atom stereocenters. The molecule has 1 aliphatic heterocycles. The van der Waals surface area contributed by atoms with Crippen molar-refractivity contribution in [3.8, 4) is 0 Å². The molecule has 1 amide bonds. The predicted molar refractivity (Wildman–Crippen MR) is 95.0 cm³/mol. The molecule has 1 saturated heterocycles. The number of pyridine rings is 1. The van der Waals surface area contributed by atoms with Gasteiger partial charge in [0.15, 0.2) is 5.69 Å². The second-order valence-electron chi connectivity index (χ2n) is 7.18. The summed E-state index contributed by atoms with van der Waals surface area (Å²) in [5.74, 6) is 0.130. The van der Waals surface area contributed by atoms with E-state index in [1.807, 2.05) is 4.90 Å². The van der Waals surface area contributed by atoms with E-state index in [1.54, 1.807) is 17.0 Å². The molecule has 3 heterocycles. The van der Waals surface area contributed by atoms with Crippen molar-refractivity contribution in [2.45, 2.75) is 25.4 Å². The quantitative estimate of drug-likeness (QED) is 0.809. The minimum atomic E-state index is -4.52. The summed E-state index contributed by atoms with van der Waals surface area (Å²) in [6.45, 7) is 2.06. The fraction of sp³-hybridized carbons (Fsp3) is 0.500. The van der Waals surface area contributed by atoms with Crippen LogP contribution in [0.3, 0.4) is 0 Å². The van der Waals surface area contributed by atoms with Crippen molar-refractivity contribution in [1.29, 1.82) is 0 Å². The number of aromatic amines is 2. The molecule has 1 unspecified atom stereocenters. The Bertz CT molecular complexity index is 928. The molecule has 28 heavy (non-hydrogen) atoms. The zero-order valence-electron chi connectivity index (χ0n) is 15.1.